The number of benzene rings is 1. The molecule has 1 aliphatic carbocycles. The van der Waals surface area contributed by atoms with Gasteiger partial charge in [-0.1, -0.05) is 19.8 Å². The molecule has 0 amide bonds. The number of anilines is 2. The van der Waals surface area contributed by atoms with E-state index in [-0.39, 0.29) is 0 Å². The second kappa shape index (κ2) is 7.56. The summed E-state index contributed by atoms with van der Waals surface area (Å²) in [5, 5.41) is 3.73. The maximum absolute atomic E-state index is 3.73. The van der Waals surface area contributed by atoms with Gasteiger partial charge in [-0.25, -0.2) is 0 Å². The first-order chi connectivity index (χ1) is 9.72. The summed E-state index contributed by atoms with van der Waals surface area (Å²) in [7, 11) is 0. The third-order valence-corrected chi connectivity index (χ3v) is 4.62. The molecule has 1 N–H and O–H groups in total. The van der Waals surface area contributed by atoms with Crippen molar-refractivity contribution < 1.29 is 0 Å². The van der Waals surface area contributed by atoms with Crippen molar-refractivity contribution in [3.63, 3.8) is 0 Å². The Morgan fingerprint density at radius 2 is 1.70 bits per heavy atom. The topological polar surface area (TPSA) is 15.3 Å². The summed E-state index contributed by atoms with van der Waals surface area (Å²) in [4.78, 5) is 2.39. The molecule has 1 aromatic carbocycles. The van der Waals surface area contributed by atoms with Crippen LogP contribution in [0.25, 0.3) is 0 Å². The number of hydrogen-bond donors (Lipinski definition) is 1. The zero-order chi connectivity index (χ0) is 14.4. The van der Waals surface area contributed by atoms with E-state index < -0.39 is 0 Å². The molecule has 0 heterocycles. The van der Waals surface area contributed by atoms with Crippen LogP contribution in [0.4, 0.5) is 11.4 Å². The Morgan fingerprint density at radius 3 is 2.35 bits per heavy atom. The highest BCUT2D eigenvalue weighted by Crippen LogP contribution is 2.26. The number of nitrogens with zero attached hydrogens (tertiary/aromatic N) is 1. The van der Waals surface area contributed by atoms with E-state index in [9.17, 15) is 0 Å². The van der Waals surface area contributed by atoms with Crippen molar-refractivity contribution in [2.75, 3.05) is 23.3 Å². The van der Waals surface area contributed by atoms with Gasteiger partial charge in [0.15, 0.2) is 0 Å². The first kappa shape index (κ1) is 15.2. The van der Waals surface area contributed by atoms with E-state index >= 15 is 0 Å². The van der Waals surface area contributed by atoms with Crippen molar-refractivity contribution >= 4 is 11.4 Å². The smallest absolute Gasteiger partial charge is 0.0367 e. The Hall–Kier alpha value is -1.18. The summed E-state index contributed by atoms with van der Waals surface area (Å²) in [5.41, 5.74) is 2.61. The van der Waals surface area contributed by atoms with Crippen LogP contribution in [0.5, 0.6) is 0 Å². The quantitative estimate of drug-likeness (QED) is 0.767. The largest absolute Gasteiger partial charge is 0.382 e. The SMILES string of the molecule is CCN(CC)c1ccc(NC2CCCC(C)CC2)cc1. The molecule has 2 rings (SSSR count). The van der Waals surface area contributed by atoms with Gasteiger partial charge < -0.3 is 10.2 Å². The highest BCUT2D eigenvalue weighted by Gasteiger charge is 2.15. The molecule has 0 radical (unpaired) electrons. The van der Waals surface area contributed by atoms with E-state index in [0.717, 1.165) is 19.0 Å². The van der Waals surface area contributed by atoms with E-state index in [2.05, 4.69) is 55.3 Å². The van der Waals surface area contributed by atoms with Crippen molar-refractivity contribution in [3.8, 4) is 0 Å². The lowest BCUT2D eigenvalue weighted by Gasteiger charge is -2.22. The molecule has 1 aliphatic rings. The molecule has 2 atom stereocenters. The van der Waals surface area contributed by atoms with Gasteiger partial charge in [0.2, 0.25) is 0 Å². The Morgan fingerprint density at radius 1 is 1.00 bits per heavy atom. The van der Waals surface area contributed by atoms with Gasteiger partial charge in [-0.3, -0.25) is 0 Å². The molecule has 1 aromatic rings. The van der Waals surface area contributed by atoms with Crippen LogP contribution in [0.1, 0.15) is 52.9 Å². The van der Waals surface area contributed by atoms with E-state index in [4.69, 9.17) is 0 Å². The number of hydrogen-bond acceptors (Lipinski definition) is 2. The van der Waals surface area contributed by atoms with E-state index in [1.165, 1.54) is 43.5 Å². The second-order valence-electron chi connectivity index (χ2n) is 6.17. The summed E-state index contributed by atoms with van der Waals surface area (Å²) in [5.74, 6) is 0.909. The maximum Gasteiger partial charge on any atom is 0.0367 e. The van der Waals surface area contributed by atoms with Gasteiger partial charge >= 0.3 is 0 Å². The summed E-state index contributed by atoms with van der Waals surface area (Å²) >= 11 is 0. The van der Waals surface area contributed by atoms with Gasteiger partial charge in [-0.15, -0.1) is 0 Å². The van der Waals surface area contributed by atoms with Gasteiger partial charge in [0.05, 0.1) is 0 Å². The van der Waals surface area contributed by atoms with Crippen LogP contribution in [0, 0.1) is 5.92 Å². The minimum atomic E-state index is 0.666. The highest BCUT2D eigenvalue weighted by atomic mass is 15.1. The van der Waals surface area contributed by atoms with E-state index in [1.54, 1.807) is 0 Å². The minimum absolute atomic E-state index is 0.666. The molecule has 2 nitrogen and oxygen atoms in total. The summed E-state index contributed by atoms with van der Waals surface area (Å²) < 4.78 is 0. The molecule has 0 saturated heterocycles. The monoisotopic (exact) mass is 274 g/mol. The summed E-state index contributed by atoms with van der Waals surface area (Å²) in [6.07, 6.45) is 6.78. The lowest BCUT2D eigenvalue weighted by atomic mass is 10.0. The summed E-state index contributed by atoms with van der Waals surface area (Å²) in [6, 6.07) is 9.63. The first-order valence-corrected chi connectivity index (χ1v) is 8.34. The van der Waals surface area contributed by atoms with Crippen molar-refractivity contribution in [1.29, 1.82) is 0 Å². The van der Waals surface area contributed by atoms with Crippen LogP contribution in [0.15, 0.2) is 24.3 Å². The van der Waals surface area contributed by atoms with Crippen LogP contribution in [0.2, 0.25) is 0 Å². The van der Waals surface area contributed by atoms with Crippen LogP contribution in [-0.2, 0) is 0 Å². The third-order valence-electron chi connectivity index (χ3n) is 4.62. The molecule has 0 bridgehead atoms. The fourth-order valence-corrected chi connectivity index (χ4v) is 3.22. The van der Waals surface area contributed by atoms with Crippen LogP contribution >= 0.6 is 0 Å². The Balaban J connectivity index is 1.93. The molecular formula is C18H30N2. The molecule has 20 heavy (non-hydrogen) atoms. The lowest BCUT2D eigenvalue weighted by Crippen LogP contribution is -2.22. The van der Waals surface area contributed by atoms with Gasteiger partial charge in [-0.2, -0.15) is 0 Å². The molecule has 0 aromatic heterocycles. The normalized spacial score (nSPS) is 23.1. The first-order valence-electron chi connectivity index (χ1n) is 8.34. The lowest BCUT2D eigenvalue weighted by molar-refractivity contribution is 0.502. The Labute approximate surface area is 124 Å². The number of rotatable bonds is 5. The molecule has 2 unspecified atom stereocenters. The van der Waals surface area contributed by atoms with Crippen molar-refractivity contribution in [2.24, 2.45) is 5.92 Å². The van der Waals surface area contributed by atoms with Crippen LogP contribution in [-0.4, -0.2) is 19.1 Å². The van der Waals surface area contributed by atoms with Gasteiger partial charge in [0.1, 0.15) is 0 Å². The van der Waals surface area contributed by atoms with Crippen molar-refractivity contribution in [3.05, 3.63) is 24.3 Å². The second-order valence-corrected chi connectivity index (χ2v) is 6.17. The molecular weight excluding hydrogens is 244 g/mol. The minimum Gasteiger partial charge on any atom is -0.382 e. The zero-order valence-electron chi connectivity index (χ0n) is 13.4. The number of nitrogens with one attached hydrogen (secondary N) is 1. The molecule has 1 saturated carbocycles. The molecule has 1 fully saturated rings. The standard InChI is InChI=1S/C18H30N2/c1-4-20(5-2)18-13-11-17(12-14-18)19-16-8-6-7-15(3)9-10-16/h11-16,19H,4-10H2,1-3H3. The molecule has 0 spiro atoms. The fourth-order valence-electron chi connectivity index (χ4n) is 3.22. The highest BCUT2D eigenvalue weighted by molar-refractivity contribution is 5.55. The van der Waals surface area contributed by atoms with Gasteiger partial charge in [-0.05, 0) is 63.3 Å². The average molecular weight is 274 g/mol. The van der Waals surface area contributed by atoms with Crippen molar-refractivity contribution in [2.45, 2.75) is 58.9 Å². The third kappa shape index (κ3) is 4.16. The zero-order valence-corrected chi connectivity index (χ0v) is 13.4. The molecule has 112 valence electrons. The Kier molecular flexibility index (Phi) is 5.75. The fraction of sp³-hybridized carbons (Fsp3) is 0.667. The predicted octanol–water partition coefficient (Wildman–Crippen LogP) is 4.91. The van der Waals surface area contributed by atoms with E-state index in [0.29, 0.717) is 6.04 Å². The Bertz CT molecular complexity index is 381. The molecule has 2 heteroatoms. The van der Waals surface area contributed by atoms with Gasteiger partial charge in [0, 0.05) is 30.5 Å². The summed E-state index contributed by atoms with van der Waals surface area (Å²) in [6.45, 7) is 8.96. The van der Waals surface area contributed by atoms with Crippen molar-refractivity contribution in [1.82, 2.24) is 0 Å². The van der Waals surface area contributed by atoms with E-state index in [1.807, 2.05) is 0 Å². The molecule has 0 aliphatic heterocycles. The maximum atomic E-state index is 3.73. The van der Waals surface area contributed by atoms with Crippen LogP contribution < -0.4 is 10.2 Å². The van der Waals surface area contributed by atoms with Crippen LogP contribution in [0.3, 0.4) is 0 Å². The predicted molar refractivity (Wildman–Crippen MR) is 89.7 cm³/mol. The van der Waals surface area contributed by atoms with Gasteiger partial charge in [0.25, 0.3) is 0 Å². The average Bonchev–Trinajstić information content (AvgIpc) is 2.67.